The lowest BCUT2D eigenvalue weighted by Crippen LogP contribution is -2.28. The Morgan fingerprint density at radius 3 is 2.65 bits per heavy atom. The van der Waals surface area contributed by atoms with Gasteiger partial charge in [0.25, 0.3) is 0 Å². The van der Waals surface area contributed by atoms with E-state index < -0.39 is 15.8 Å². The first-order chi connectivity index (χ1) is 7.87. The summed E-state index contributed by atoms with van der Waals surface area (Å²) in [4.78, 5) is -0.213. The second-order valence-corrected chi connectivity index (χ2v) is 5.50. The van der Waals surface area contributed by atoms with Crippen LogP contribution in [0.4, 0.5) is 10.1 Å². The van der Waals surface area contributed by atoms with E-state index in [9.17, 15) is 12.8 Å². The number of nitrogens with zero attached hydrogens (tertiary/aromatic N) is 2. The number of benzene rings is 1. The standard InChI is InChI=1S/C10H12FN3O2S/c1-14(4-2-3-12)17(15,16)10-6-8(11)5-9(13)7-10/h5-7H,2,4,13H2,1H3. The van der Waals surface area contributed by atoms with Crippen LogP contribution in [-0.4, -0.2) is 26.3 Å². The fourth-order valence-corrected chi connectivity index (χ4v) is 2.48. The summed E-state index contributed by atoms with van der Waals surface area (Å²) in [6.45, 7) is 0.0508. The fourth-order valence-electron chi connectivity index (χ4n) is 1.24. The first kappa shape index (κ1) is 13.4. The lowest BCUT2D eigenvalue weighted by molar-refractivity contribution is 0.475. The van der Waals surface area contributed by atoms with E-state index in [4.69, 9.17) is 11.0 Å². The van der Waals surface area contributed by atoms with E-state index in [2.05, 4.69) is 0 Å². The van der Waals surface area contributed by atoms with E-state index in [0.29, 0.717) is 0 Å². The van der Waals surface area contributed by atoms with Gasteiger partial charge in [0.1, 0.15) is 5.82 Å². The summed E-state index contributed by atoms with van der Waals surface area (Å²) in [5.74, 6) is -0.711. The fraction of sp³-hybridized carbons (Fsp3) is 0.300. The number of anilines is 1. The Morgan fingerprint density at radius 1 is 1.47 bits per heavy atom. The molecule has 0 spiro atoms. The third-order valence-electron chi connectivity index (χ3n) is 2.14. The summed E-state index contributed by atoms with van der Waals surface area (Å²) in [5, 5.41) is 8.39. The quantitative estimate of drug-likeness (QED) is 0.813. The SMILES string of the molecule is CN(CCC#N)S(=O)(=O)c1cc(N)cc(F)c1. The molecule has 7 heteroatoms. The number of hydrogen-bond donors (Lipinski definition) is 1. The molecule has 0 amide bonds. The second kappa shape index (κ2) is 5.12. The Balaban J connectivity index is 3.09. The molecule has 0 aliphatic rings. The number of halogens is 1. The van der Waals surface area contributed by atoms with Crippen LogP contribution >= 0.6 is 0 Å². The van der Waals surface area contributed by atoms with Gasteiger partial charge in [0.05, 0.1) is 11.0 Å². The van der Waals surface area contributed by atoms with E-state index >= 15 is 0 Å². The minimum atomic E-state index is -3.79. The van der Waals surface area contributed by atoms with Crippen molar-refractivity contribution in [2.75, 3.05) is 19.3 Å². The van der Waals surface area contributed by atoms with Crippen LogP contribution in [-0.2, 0) is 10.0 Å². The van der Waals surface area contributed by atoms with Gasteiger partial charge in [-0.2, -0.15) is 9.57 Å². The molecule has 1 aromatic carbocycles. The van der Waals surface area contributed by atoms with Gasteiger partial charge in [-0.1, -0.05) is 0 Å². The molecule has 0 radical (unpaired) electrons. The van der Waals surface area contributed by atoms with Crippen LogP contribution in [0.1, 0.15) is 6.42 Å². The molecule has 0 fully saturated rings. The van der Waals surface area contributed by atoms with Gasteiger partial charge in [0.2, 0.25) is 10.0 Å². The van der Waals surface area contributed by atoms with Gasteiger partial charge in [-0.3, -0.25) is 0 Å². The largest absolute Gasteiger partial charge is 0.399 e. The van der Waals surface area contributed by atoms with E-state index in [-0.39, 0.29) is 23.5 Å². The van der Waals surface area contributed by atoms with Gasteiger partial charge < -0.3 is 5.73 Å². The van der Waals surface area contributed by atoms with Gasteiger partial charge in [0.15, 0.2) is 0 Å². The maximum Gasteiger partial charge on any atom is 0.243 e. The Hall–Kier alpha value is -1.65. The zero-order valence-corrected chi connectivity index (χ0v) is 10.0. The number of nitrogen functional groups attached to an aromatic ring is 1. The van der Waals surface area contributed by atoms with E-state index in [1.165, 1.54) is 13.1 Å². The molecule has 0 aromatic heterocycles. The molecule has 0 bridgehead atoms. The average molecular weight is 257 g/mol. The molecule has 0 atom stereocenters. The van der Waals surface area contributed by atoms with Crippen LogP contribution in [0.2, 0.25) is 0 Å². The summed E-state index contributed by atoms with van der Waals surface area (Å²) in [6.07, 6.45) is 0.0700. The number of rotatable bonds is 4. The number of nitriles is 1. The van der Waals surface area contributed by atoms with Crippen molar-refractivity contribution >= 4 is 15.7 Å². The minimum absolute atomic E-state index is 0.0391. The molecular weight excluding hydrogens is 245 g/mol. The molecule has 1 rings (SSSR count). The van der Waals surface area contributed by atoms with E-state index in [1.807, 2.05) is 6.07 Å². The summed E-state index contributed by atoms with van der Waals surface area (Å²) in [7, 11) is -2.47. The lowest BCUT2D eigenvalue weighted by Gasteiger charge is -2.15. The zero-order valence-electron chi connectivity index (χ0n) is 9.22. The Morgan fingerprint density at radius 2 is 2.12 bits per heavy atom. The molecular formula is C10H12FN3O2S. The van der Waals surface area contributed by atoms with Gasteiger partial charge >= 0.3 is 0 Å². The molecule has 92 valence electrons. The highest BCUT2D eigenvalue weighted by atomic mass is 32.2. The highest BCUT2D eigenvalue weighted by Gasteiger charge is 2.21. The van der Waals surface area contributed by atoms with Crippen molar-refractivity contribution in [1.29, 1.82) is 5.26 Å². The normalized spacial score (nSPS) is 11.4. The molecule has 0 saturated heterocycles. The monoisotopic (exact) mass is 257 g/mol. The molecule has 0 heterocycles. The Kier molecular flexibility index (Phi) is 4.04. The highest BCUT2D eigenvalue weighted by Crippen LogP contribution is 2.19. The van der Waals surface area contributed by atoms with Crippen LogP contribution in [0.25, 0.3) is 0 Å². The van der Waals surface area contributed by atoms with Crippen molar-refractivity contribution in [1.82, 2.24) is 4.31 Å². The van der Waals surface area contributed by atoms with Crippen molar-refractivity contribution < 1.29 is 12.8 Å². The van der Waals surface area contributed by atoms with Crippen LogP contribution < -0.4 is 5.73 Å². The van der Waals surface area contributed by atoms with Crippen LogP contribution in [0.5, 0.6) is 0 Å². The first-order valence-corrected chi connectivity index (χ1v) is 6.21. The molecule has 2 N–H and O–H groups in total. The lowest BCUT2D eigenvalue weighted by atomic mass is 10.3. The van der Waals surface area contributed by atoms with E-state index in [0.717, 1.165) is 16.4 Å². The van der Waals surface area contributed by atoms with Crippen molar-refractivity contribution in [3.8, 4) is 6.07 Å². The second-order valence-electron chi connectivity index (χ2n) is 3.45. The molecule has 1 aromatic rings. The molecule has 0 unspecified atom stereocenters. The average Bonchev–Trinajstić information content (AvgIpc) is 2.24. The molecule has 5 nitrogen and oxygen atoms in total. The summed E-state index contributed by atoms with van der Waals surface area (Å²) in [5.41, 5.74) is 5.42. The molecule has 0 aliphatic heterocycles. The third-order valence-corrected chi connectivity index (χ3v) is 3.97. The smallest absolute Gasteiger partial charge is 0.243 e. The zero-order chi connectivity index (χ0) is 13.1. The van der Waals surface area contributed by atoms with Crippen LogP contribution in [0.3, 0.4) is 0 Å². The minimum Gasteiger partial charge on any atom is -0.399 e. The van der Waals surface area contributed by atoms with Crippen molar-refractivity contribution in [3.63, 3.8) is 0 Å². The Labute approximate surface area is 99.3 Å². The van der Waals surface area contributed by atoms with E-state index in [1.54, 1.807) is 0 Å². The first-order valence-electron chi connectivity index (χ1n) is 4.77. The molecule has 0 saturated carbocycles. The maximum absolute atomic E-state index is 13.1. The predicted molar refractivity (Wildman–Crippen MR) is 60.9 cm³/mol. The third kappa shape index (κ3) is 3.15. The molecule has 0 aliphatic carbocycles. The molecule has 17 heavy (non-hydrogen) atoms. The van der Waals surface area contributed by atoms with Gasteiger partial charge in [-0.15, -0.1) is 0 Å². The van der Waals surface area contributed by atoms with Crippen molar-refractivity contribution in [2.24, 2.45) is 0 Å². The van der Waals surface area contributed by atoms with Gasteiger partial charge in [0, 0.05) is 25.7 Å². The predicted octanol–water partition coefficient (Wildman–Crippen LogP) is 0.942. The number of nitrogens with two attached hydrogens (primary N) is 1. The van der Waals surface area contributed by atoms with Gasteiger partial charge in [-0.05, 0) is 18.2 Å². The topological polar surface area (TPSA) is 87.2 Å². The Bertz CT molecular complexity index is 531. The highest BCUT2D eigenvalue weighted by molar-refractivity contribution is 7.89. The van der Waals surface area contributed by atoms with Gasteiger partial charge in [-0.25, -0.2) is 12.8 Å². The van der Waals surface area contributed by atoms with Crippen molar-refractivity contribution in [2.45, 2.75) is 11.3 Å². The number of sulfonamides is 1. The van der Waals surface area contributed by atoms with Crippen LogP contribution in [0.15, 0.2) is 23.1 Å². The maximum atomic E-state index is 13.1. The summed E-state index contributed by atoms with van der Waals surface area (Å²) < 4.78 is 37.9. The van der Waals surface area contributed by atoms with Crippen LogP contribution in [0, 0.1) is 17.1 Å². The summed E-state index contributed by atoms with van der Waals surface area (Å²) >= 11 is 0. The van der Waals surface area contributed by atoms with Crippen molar-refractivity contribution in [3.05, 3.63) is 24.0 Å². The number of hydrogen-bond acceptors (Lipinski definition) is 4. The summed E-state index contributed by atoms with van der Waals surface area (Å²) in [6, 6.07) is 4.96.